The number of H-pyrrole nitrogens is 1. The molecule has 0 radical (unpaired) electrons. The molecule has 0 aliphatic carbocycles. The molecule has 0 atom stereocenters. The van der Waals surface area contributed by atoms with Crippen molar-refractivity contribution < 1.29 is 0 Å². The van der Waals surface area contributed by atoms with E-state index in [0.29, 0.717) is 0 Å². The molecular weight excluding hydrogens is 136 g/mol. The monoisotopic (exact) mass is 152 g/mol. The molecule has 0 bridgehead atoms. The van der Waals surface area contributed by atoms with E-state index in [2.05, 4.69) is 18.8 Å². The van der Waals surface area contributed by atoms with Crippen LogP contribution in [0.25, 0.3) is 0 Å². The zero-order chi connectivity index (χ0) is 8.65. The summed E-state index contributed by atoms with van der Waals surface area (Å²) in [6, 6.07) is 0. The Balaban J connectivity index is 3.21. The third-order valence-electron chi connectivity index (χ3n) is 1.92. The van der Waals surface area contributed by atoms with Gasteiger partial charge in [0.2, 0.25) is 0 Å². The van der Waals surface area contributed by atoms with Crippen molar-refractivity contribution >= 4 is 0 Å². The van der Waals surface area contributed by atoms with Gasteiger partial charge in [-0.15, -0.1) is 0 Å². The molecule has 2 heteroatoms. The van der Waals surface area contributed by atoms with Crippen molar-refractivity contribution in [3.05, 3.63) is 23.0 Å². The van der Waals surface area contributed by atoms with Gasteiger partial charge >= 0.3 is 0 Å². The lowest BCUT2D eigenvalue weighted by molar-refractivity contribution is 0.548. The van der Waals surface area contributed by atoms with Gasteiger partial charge in [-0.3, -0.25) is 0 Å². The van der Waals surface area contributed by atoms with Gasteiger partial charge in [0.25, 0.3) is 0 Å². The van der Waals surface area contributed by atoms with Crippen molar-refractivity contribution in [3.63, 3.8) is 0 Å². The Kier molecular flexibility index (Phi) is 1.80. The average molecular weight is 152 g/mol. The summed E-state index contributed by atoms with van der Waals surface area (Å²) in [6.45, 7) is 8.18. The number of hydrogen-bond acceptors (Lipinski definition) is 1. The van der Waals surface area contributed by atoms with Gasteiger partial charge in [0.15, 0.2) is 0 Å². The molecule has 0 aliphatic rings. The lowest BCUT2D eigenvalue weighted by Gasteiger charge is -2.19. The molecule has 62 valence electrons. The molecule has 0 aromatic carbocycles. The predicted octanol–water partition coefficient (Wildman–Crippen LogP) is 1.83. The number of nitrogens with two attached hydrogens (primary N) is 1. The standard InChI is InChI=1S/C9H16N2/c1-6-5-11-7(2)8(6)9(3,4)10/h5,11H,10H2,1-4H3. The molecule has 11 heavy (non-hydrogen) atoms. The number of nitrogens with one attached hydrogen (secondary N) is 1. The molecule has 0 amide bonds. The third kappa shape index (κ3) is 1.46. The fourth-order valence-corrected chi connectivity index (χ4v) is 1.65. The molecule has 0 spiro atoms. The predicted molar refractivity (Wildman–Crippen MR) is 47.5 cm³/mol. The van der Waals surface area contributed by atoms with Gasteiger partial charge in [-0.25, -0.2) is 0 Å². The van der Waals surface area contributed by atoms with Gasteiger partial charge in [0.1, 0.15) is 0 Å². The number of aromatic nitrogens is 1. The van der Waals surface area contributed by atoms with E-state index in [4.69, 9.17) is 5.73 Å². The van der Waals surface area contributed by atoms with Gasteiger partial charge in [-0.1, -0.05) is 0 Å². The Hall–Kier alpha value is -0.760. The van der Waals surface area contributed by atoms with E-state index in [1.54, 1.807) is 0 Å². The molecule has 1 aromatic rings. The van der Waals surface area contributed by atoms with Crippen LogP contribution in [0.4, 0.5) is 0 Å². The zero-order valence-electron chi connectivity index (χ0n) is 7.65. The normalized spacial score (nSPS) is 12.1. The zero-order valence-corrected chi connectivity index (χ0v) is 7.65. The summed E-state index contributed by atoms with van der Waals surface area (Å²) in [7, 11) is 0. The molecular formula is C9H16N2. The van der Waals surface area contributed by atoms with Gasteiger partial charge in [-0.05, 0) is 38.8 Å². The van der Waals surface area contributed by atoms with E-state index in [0.717, 1.165) is 0 Å². The summed E-state index contributed by atoms with van der Waals surface area (Å²) in [4.78, 5) is 3.16. The van der Waals surface area contributed by atoms with Crippen molar-refractivity contribution in [1.29, 1.82) is 0 Å². The van der Waals surface area contributed by atoms with E-state index in [1.807, 2.05) is 20.0 Å². The number of rotatable bonds is 1. The number of aryl methyl sites for hydroxylation is 2. The van der Waals surface area contributed by atoms with Gasteiger partial charge in [0.05, 0.1) is 0 Å². The van der Waals surface area contributed by atoms with Crippen LogP contribution in [0, 0.1) is 13.8 Å². The maximum Gasteiger partial charge on any atom is 0.0372 e. The second-order valence-electron chi connectivity index (χ2n) is 3.69. The van der Waals surface area contributed by atoms with Crippen molar-refractivity contribution in [2.75, 3.05) is 0 Å². The first-order valence-electron chi connectivity index (χ1n) is 3.87. The highest BCUT2D eigenvalue weighted by Gasteiger charge is 2.19. The molecule has 1 aromatic heterocycles. The molecule has 3 N–H and O–H groups in total. The SMILES string of the molecule is Cc1c[nH]c(C)c1C(C)(C)N. The van der Waals surface area contributed by atoms with Crippen molar-refractivity contribution in [1.82, 2.24) is 4.98 Å². The fraction of sp³-hybridized carbons (Fsp3) is 0.556. The molecule has 2 nitrogen and oxygen atoms in total. The van der Waals surface area contributed by atoms with Crippen LogP contribution in [0.1, 0.15) is 30.7 Å². The molecule has 1 heterocycles. The van der Waals surface area contributed by atoms with E-state index in [9.17, 15) is 0 Å². The molecule has 0 saturated carbocycles. The van der Waals surface area contributed by atoms with Crippen LogP contribution in [0.2, 0.25) is 0 Å². The lowest BCUT2D eigenvalue weighted by Crippen LogP contribution is -2.29. The summed E-state index contributed by atoms with van der Waals surface area (Å²) in [5, 5.41) is 0. The van der Waals surface area contributed by atoms with Crippen molar-refractivity contribution in [2.45, 2.75) is 33.2 Å². The first-order valence-corrected chi connectivity index (χ1v) is 3.87. The van der Waals surface area contributed by atoms with E-state index >= 15 is 0 Å². The van der Waals surface area contributed by atoms with Crippen LogP contribution in [-0.2, 0) is 5.54 Å². The highest BCUT2D eigenvalue weighted by molar-refractivity contribution is 5.34. The number of aromatic amines is 1. The van der Waals surface area contributed by atoms with E-state index < -0.39 is 0 Å². The molecule has 0 fully saturated rings. The van der Waals surface area contributed by atoms with Gasteiger partial charge in [0, 0.05) is 17.4 Å². The first kappa shape index (κ1) is 8.34. The highest BCUT2D eigenvalue weighted by Crippen LogP contribution is 2.23. The molecule has 0 saturated heterocycles. The minimum Gasteiger partial charge on any atom is -0.365 e. The first-order chi connectivity index (χ1) is 4.93. The van der Waals surface area contributed by atoms with Crippen LogP contribution >= 0.6 is 0 Å². The quantitative estimate of drug-likeness (QED) is 0.633. The van der Waals surface area contributed by atoms with Crippen LogP contribution in [0.3, 0.4) is 0 Å². The Bertz CT molecular complexity index is 234. The second-order valence-corrected chi connectivity index (χ2v) is 3.69. The summed E-state index contributed by atoms with van der Waals surface area (Å²) in [6.07, 6.45) is 2.00. The molecule has 1 rings (SSSR count). The second kappa shape index (κ2) is 2.38. The summed E-state index contributed by atoms with van der Waals surface area (Å²) in [5.74, 6) is 0. The maximum absolute atomic E-state index is 5.98. The largest absolute Gasteiger partial charge is 0.365 e. The Morgan fingerprint density at radius 1 is 1.36 bits per heavy atom. The van der Waals surface area contributed by atoms with E-state index in [1.165, 1.54) is 16.8 Å². The van der Waals surface area contributed by atoms with E-state index in [-0.39, 0.29) is 5.54 Å². The minimum absolute atomic E-state index is 0.228. The smallest absolute Gasteiger partial charge is 0.0372 e. The van der Waals surface area contributed by atoms with Crippen molar-refractivity contribution in [3.8, 4) is 0 Å². The Morgan fingerprint density at radius 3 is 2.09 bits per heavy atom. The van der Waals surface area contributed by atoms with Crippen LogP contribution in [0.15, 0.2) is 6.20 Å². The molecule has 0 unspecified atom stereocenters. The lowest BCUT2D eigenvalue weighted by atomic mass is 9.93. The van der Waals surface area contributed by atoms with Gasteiger partial charge in [-0.2, -0.15) is 0 Å². The number of hydrogen-bond donors (Lipinski definition) is 2. The maximum atomic E-state index is 5.98. The topological polar surface area (TPSA) is 41.8 Å². The van der Waals surface area contributed by atoms with Crippen LogP contribution < -0.4 is 5.73 Å². The summed E-state index contributed by atoms with van der Waals surface area (Å²) in [5.41, 5.74) is 9.41. The summed E-state index contributed by atoms with van der Waals surface area (Å²) < 4.78 is 0. The van der Waals surface area contributed by atoms with Crippen LogP contribution in [-0.4, -0.2) is 4.98 Å². The van der Waals surface area contributed by atoms with Gasteiger partial charge < -0.3 is 10.7 Å². The van der Waals surface area contributed by atoms with Crippen molar-refractivity contribution in [2.24, 2.45) is 5.73 Å². The van der Waals surface area contributed by atoms with Crippen LogP contribution in [0.5, 0.6) is 0 Å². The summed E-state index contributed by atoms with van der Waals surface area (Å²) >= 11 is 0. The Morgan fingerprint density at radius 2 is 1.91 bits per heavy atom. The Labute approximate surface area is 67.8 Å². The highest BCUT2D eigenvalue weighted by atomic mass is 14.8. The minimum atomic E-state index is -0.228. The average Bonchev–Trinajstić information content (AvgIpc) is 2.08. The molecule has 0 aliphatic heterocycles. The third-order valence-corrected chi connectivity index (χ3v) is 1.92. The fourth-order valence-electron chi connectivity index (χ4n) is 1.65.